The van der Waals surface area contributed by atoms with Crippen molar-refractivity contribution in [1.82, 2.24) is 10.2 Å². The molecule has 2 aromatic carbocycles. The molecule has 0 spiro atoms. The van der Waals surface area contributed by atoms with Crippen LogP contribution in [0.3, 0.4) is 0 Å². The Morgan fingerprint density at radius 3 is 2.37 bits per heavy atom. The van der Waals surface area contributed by atoms with E-state index in [-0.39, 0.29) is 24.9 Å². The van der Waals surface area contributed by atoms with Crippen LogP contribution in [0.1, 0.15) is 59.2 Å². The number of hydrogen-bond acceptors (Lipinski definition) is 9. The molecule has 3 fully saturated rings. The first-order valence-electron chi connectivity index (χ1n) is 17.3. The lowest BCUT2D eigenvalue weighted by Crippen LogP contribution is -2.52. The van der Waals surface area contributed by atoms with Gasteiger partial charge in [-0.1, -0.05) is 78.3 Å². The largest absolute Gasteiger partial charge is 0.493 e. The lowest BCUT2D eigenvalue weighted by molar-refractivity contribution is -0.161. The Labute approximate surface area is 315 Å². The fraction of sp³-hybridized carbons (Fsp3) is 0.400. The van der Waals surface area contributed by atoms with Crippen LogP contribution in [0.25, 0.3) is 0 Å². The number of methoxy groups -OCH3 is 2. The van der Waals surface area contributed by atoms with E-state index in [2.05, 4.69) is 16.8 Å². The van der Waals surface area contributed by atoms with Crippen LogP contribution >= 0.6 is 34.5 Å². The van der Waals surface area contributed by atoms with E-state index in [1.807, 2.05) is 55.5 Å². The third-order valence-electron chi connectivity index (χ3n) is 9.44. The third kappa shape index (κ3) is 10.3. The van der Waals surface area contributed by atoms with Gasteiger partial charge in [0, 0.05) is 39.3 Å². The first-order valence-corrected chi connectivity index (χ1v) is 18.8. The molecule has 51 heavy (non-hydrogen) atoms. The maximum atomic E-state index is 13.5. The number of nitrogens with zero attached hydrogens (tertiary/aromatic N) is 1. The predicted octanol–water partition coefficient (Wildman–Crippen LogP) is 8.31. The second-order valence-corrected chi connectivity index (χ2v) is 14.7. The number of benzene rings is 2. The summed E-state index contributed by atoms with van der Waals surface area (Å²) in [6.45, 7) is 9.15. The SMILES string of the molecule is C=C/C(Cl)=C(C[C@H](OC(=O)Cc1ccc(CCNC(C(=O)O[C@H]2CN3CCC2CC3)c2ccccc2)s1)c1ccc(OC)c(OC)c1)\C(Cl)=C/C. The van der Waals surface area contributed by atoms with Gasteiger partial charge in [0.05, 0.1) is 20.6 Å². The van der Waals surface area contributed by atoms with Crippen molar-refractivity contribution in [3.8, 4) is 11.5 Å². The number of carbonyl (C=O) groups excluding carboxylic acids is 2. The van der Waals surface area contributed by atoms with E-state index in [9.17, 15) is 9.59 Å². The first kappa shape index (κ1) is 38.6. The quantitative estimate of drug-likeness (QED) is 0.109. The Kier molecular flexibility index (Phi) is 14.2. The van der Waals surface area contributed by atoms with Gasteiger partial charge < -0.3 is 24.3 Å². The molecule has 2 bridgehead atoms. The Balaban J connectivity index is 1.23. The zero-order chi connectivity index (χ0) is 36.3. The smallest absolute Gasteiger partial charge is 0.328 e. The number of carbonyl (C=O) groups is 2. The molecular formula is C40H46Cl2N2O6S. The van der Waals surface area contributed by atoms with Crippen LogP contribution in [0, 0.1) is 5.92 Å². The van der Waals surface area contributed by atoms with Crippen LogP contribution in [0.4, 0.5) is 0 Å². The zero-order valence-corrected chi connectivity index (χ0v) is 31.7. The Morgan fingerprint density at radius 2 is 1.73 bits per heavy atom. The van der Waals surface area contributed by atoms with Gasteiger partial charge in [0.1, 0.15) is 18.2 Å². The van der Waals surface area contributed by atoms with Crippen LogP contribution in [0.2, 0.25) is 0 Å². The molecule has 3 saturated heterocycles. The summed E-state index contributed by atoms with van der Waals surface area (Å²) >= 11 is 14.6. The molecule has 3 aliphatic rings. The Morgan fingerprint density at radius 1 is 1.00 bits per heavy atom. The number of thiophene rings is 1. The van der Waals surface area contributed by atoms with Gasteiger partial charge in [-0.15, -0.1) is 11.3 Å². The van der Waals surface area contributed by atoms with E-state index in [1.54, 1.807) is 43.8 Å². The highest BCUT2D eigenvalue weighted by atomic mass is 35.5. The van der Waals surface area contributed by atoms with Gasteiger partial charge in [0.25, 0.3) is 0 Å². The Hall–Kier alpha value is -3.60. The summed E-state index contributed by atoms with van der Waals surface area (Å²) < 4.78 is 23.1. The first-order chi connectivity index (χ1) is 24.7. The van der Waals surface area contributed by atoms with E-state index in [0.717, 1.165) is 47.8 Å². The van der Waals surface area contributed by atoms with Crippen molar-refractivity contribution in [1.29, 1.82) is 0 Å². The van der Waals surface area contributed by atoms with Crippen LogP contribution in [0.15, 0.2) is 95.0 Å². The molecule has 8 nitrogen and oxygen atoms in total. The summed E-state index contributed by atoms with van der Waals surface area (Å²) in [5.41, 5.74) is 2.19. The van der Waals surface area contributed by atoms with Gasteiger partial charge in [-0.3, -0.25) is 9.69 Å². The summed E-state index contributed by atoms with van der Waals surface area (Å²) in [5, 5.41) is 4.26. The molecule has 0 amide bonds. The van der Waals surface area contributed by atoms with E-state index >= 15 is 0 Å². The molecule has 0 saturated carbocycles. The second-order valence-electron chi connectivity index (χ2n) is 12.7. The number of ether oxygens (including phenoxy) is 4. The number of halogens is 2. The lowest BCUT2D eigenvalue weighted by atomic mass is 9.86. The van der Waals surface area contributed by atoms with Crippen molar-refractivity contribution in [3.63, 3.8) is 0 Å². The molecule has 11 heteroatoms. The summed E-state index contributed by atoms with van der Waals surface area (Å²) in [5.74, 6) is 0.870. The maximum Gasteiger partial charge on any atom is 0.328 e. The molecule has 3 atom stereocenters. The number of hydrogen-bond donors (Lipinski definition) is 1. The Bertz CT molecular complexity index is 1720. The van der Waals surface area contributed by atoms with Gasteiger partial charge in [0.2, 0.25) is 0 Å². The maximum absolute atomic E-state index is 13.5. The van der Waals surface area contributed by atoms with Crippen LogP contribution in [-0.2, 0) is 31.9 Å². The molecule has 272 valence electrons. The molecule has 3 aliphatic heterocycles. The van der Waals surface area contributed by atoms with Crippen molar-refractivity contribution >= 4 is 46.5 Å². The van der Waals surface area contributed by atoms with Gasteiger partial charge in [-0.05, 0) is 86.2 Å². The van der Waals surface area contributed by atoms with Crippen molar-refractivity contribution < 1.29 is 28.5 Å². The highest BCUT2D eigenvalue weighted by Gasteiger charge is 2.38. The van der Waals surface area contributed by atoms with E-state index in [0.29, 0.717) is 51.6 Å². The fourth-order valence-electron chi connectivity index (χ4n) is 6.65. The average Bonchev–Trinajstić information content (AvgIpc) is 3.61. The highest BCUT2D eigenvalue weighted by Crippen LogP contribution is 2.38. The number of rotatable bonds is 17. The number of fused-ring (bicyclic) bond motifs is 3. The average molecular weight is 754 g/mol. The van der Waals surface area contributed by atoms with Gasteiger partial charge in [-0.25, -0.2) is 4.79 Å². The third-order valence-corrected chi connectivity index (χ3v) is 11.4. The minimum absolute atomic E-state index is 0.0550. The molecule has 4 heterocycles. The molecule has 3 aromatic rings. The topological polar surface area (TPSA) is 86.3 Å². The standard InChI is InChI=1S/C40H46Cl2N2O6S/c1-5-32(41)31(33(42)6-2)24-35(28-12-15-34(47-3)36(22-28)48-4)49-38(45)23-30-14-13-29(51-30)16-19-43-39(27-10-8-7-9-11-27)40(46)50-37-25-44-20-17-26(37)18-21-44/h5-15,22,26,35,37,39,43H,1,16-21,23-25H2,2-4H3/b32-31+,33-6+/t35-,37-,39?/m0/s1. The minimum Gasteiger partial charge on any atom is -0.493 e. The molecule has 1 N–H and O–H groups in total. The summed E-state index contributed by atoms with van der Waals surface area (Å²) in [6, 6.07) is 18.5. The fourth-order valence-corrected chi connectivity index (χ4v) is 8.06. The molecule has 0 aliphatic carbocycles. The van der Waals surface area contributed by atoms with Crippen molar-refractivity contribution in [2.45, 2.75) is 57.3 Å². The normalized spacial score (nSPS) is 20.2. The lowest BCUT2D eigenvalue weighted by Gasteiger charge is -2.44. The van der Waals surface area contributed by atoms with E-state index in [4.69, 9.17) is 42.1 Å². The van der Waals surface area contributed by atoms with Crippen LogP contribution in [0.5, 0.6) is 11.5 Å². The van der Waals surface area contributed by atoms with Gasteiger partial charge in [0.15, 0.2) is 11.5 Å². The number of piperidine rings is 3. The van der Waals surface area contributed by atoms with Crippen molar-refractivity contribution in [2.75, 3.05) is 40.4 Å². The van der Waals surface area contributed by atoms with Crippen molar-refractivity contribution in [3.05, 3.63) is 116 Å². The minimum atomic E-state index is -0.714. The van der Waals surface area contributed by atoms with Gasteiger partial charge in [-0.2, -0.15) is 0 Å². The highest BCUT2D eigenvalue weighted by molar-refractivity contribution is 7.12. The number of allylic oxidation sites excluding steroid dienone is 4. The van der Waals surface area contributed by atoms with Crippen LogP contribution < -0.4 is 14.8 Å². The summed E-state index contributed by atoms with van der Waals surface area (Å²) in [7, 11) is 3.11. The molecule has 1 unspecified atom stereocenters. The zero-order valence-electron chi connectivity index (χ0n) is 29.4. The number of esters is 2. The second kappa shape index (κ2) is 18.8. The van der Waals surface area contributed by atoms with E-state index in [1.165, 1.54) is 6.08 Å². The van der Waals surface area contributed by atoms with Crippen LogP contribution in [-0.4, -0.2) is 63.3 Å². The molecule has 1 aromatic heterocycles. The molecule has 0 radical (unpaired) electrons. The van der Waals surface area contributed by atoms with E-state index < -0.39 is 18.1 Å². The molecule has 6 rings (SSSR count). The summed E-state index contributed by atoms with van der Waals surface area (Å²) in [4.78, 5) is 31.3. The van der Waals surface area contributed by atoms with Crippen molar-refractivity contribution in [2.24, 2.45) is 5.92 Å². The number of nitrogens with one attached hydrogen (secondary N) is 1. The molecular weight excluding hydrogens is 707 g/mol. The predicted molar refractivity (Wildman–Crippen MR) is 204 cm³/mol. The summed E-state index contributed by atoms with van der Waals surface area (Å²) in [6.07, 6.45) is 5.64. The van der Waals surface area contributed by atoms with Gasteiger partial charge >= 0.3 is 11.9 Å². The monoisotopic (exact) mass is 752 g/mol.